The molecule has 1 saturated heterocycles. The molecule has 0 aromatic heterocycles. The Hall–Kier alpha value is 0.1000. The highest BCUT2D eigenvalue weighted by Crippen LogP contribution is 2.34. The number of likely N-dealkylation sites (N-methyl/N-ethyl adjacent to an activating group) is 1. The summed E-state index contributed by atoms with van der Waals surface area (Å²) in [4.78, 5) is 0. The van der Waals surface area contributed by atoms with E-state index in [1.54, 1.807) is 12.1 Å². The number of thioether (sulfide) groups is 2. The first-order chi connectivity index (χ1) is 9.11. The first kappa shape index (κ1) is 15.5. The van der Waals surface area contributed by atoms with E-state index in [0.717, 1.165) is 12.0 Å². The van der Waals surface area contributed by atoms with E-state index >= 15 is 0 Å². The van der Waals surface area contributed by atoms with Crippen molar-refractivity contribution in [3.8, 4) is 0 Å². The summed E-state index contributed by atoms with van der Waals surface area (Å²) in [6.45, 7) is 2.29. The van der Waals surface area contributed by atoms with Crippen molar-refractivity contribution in [2.75, 3.05) is 18.6 Å². The molecular weight excluding hydrogens is 301 g/mol. The molecule has 2 rings (SSSR count). The molecule has 1 aliphatic heterocycles. The van der Waals surface area contributed by atoms with E-state index in [2.05, 4.69) is 12.2 Å². The van der Waals surface area contributed by atoms with Crippen LogP contribution < -0.4 is 5.32 Å². The van der Waals surface area contributed by atoms with Gasteiger partial charge in [0.1, 0.15) is 5.82 Å². The molecule has 1 aliphatic rings. The van der Waals surface area contributed by atoms with Crippen LogP contribution in [0.5, 0.6) is 0 Å². The Kier molecular flexibility index (Phi) is 5.87. The lowest BCUT2D eigenvalue weighted by Crippen LogP contribution is -2.44. The highest BCUT2D eigenvalue weighted by atomic mass is 35.5. The molecule has 1 nitrogen and oxygen atoms in total. The van der Waals surface area contributed by atoms with E-state index in [0.29, 0.717) is 16.5 Å². The maximum Gasteiger partial charge on any atom is 0.142 e. The predicted molar refractivity (Wildman–Crippen MR) is 86.1 cm³/mol. The molecule has 0 saturated carbocycles. The highest BCUT2D eigenvalue weighted by Gasteiger charge is 2.29. The second-order valence-corrected chi connectivity index (χ2v) is 7.94. The van der Waals surface area contributed by atoms with Crippen LogP contribution in [0.2, 0.25) is 5.02 Å². The maximum atomic E-state index is 13.5. The zero-order chi connectivity index (χ0) is 13.8. The average Bonchev–Trinajstić information content (AvgIpc) is 2.41. The minimum Gasteiger partial charge on any atom is -0.316 e. The number of hydrogen-bond acceptors (Lipinski definition) is 3. The van der Waals surface area contributed by atoms with Crippen LogP contribution in [0.15, 0.2) is 18.2 Å². The van der Waals surface area contributed by atoms with Gasteiger partial charge in [-0.1, -0.05) is 24.6 Å². The number of hydrogen-bond donors (Lipinski definition) is 1. The van der Waals surface area contributed by atoms with Crippen LogP contribution in [-0.4, -0.2) is 35.1 Å². The summed E-state index contributed by atoms with van der Waals surface area (Å²) in [5, 5.41) is 4.79. The molecule has 0 radical (unpaired) electrons. The van der Waals surface area contributed by atoms with Crippen molar-refractivity contribution in [3.05, 3.63) is 34.6 Å². The van der Waals surface area contributed by atoms with Crippen LogP contribution in [-0.2, 0) is 6.42 Å². The minimum absolute atomic E-state index is 0.195. The summed E-state index contributed by atoms with van der Waals surface area (Å²) >= 11 is 9.78. The molecule has 106 valence electrons. The lowest BCUT2D eigenvalue weighted by molar-refractivity contribution is 0.528. The maximum absolute atomic E-state index is 13.5. The van der Waals surface area contributed by atoms with Gasteiger partial charge in [0.25, 0.3) is 0 Å². The molecule has 1 N–H and O–H groups in total. The molecule has 0 amide bonds. The quantitative estimate of drug-likeness (QED) is 0.905. The van der Waals surface area contributed by atoms with E-state index in [9.17, 15) is 4.39 Å². The van der Waals surface area contributed by atoms with Crippen LogP contribution in [0.3, 0.4) is 0 Å². The largest absolute Gasteiger partial charge is 0.316 e. The van der Waals surface area contributed by atoms with Gasteiger partial charge in [0.2, 0.25) is 0 Å². The van der Waals surface area contributed by atoms with Gasteiger partial charge < -0.3 is 5.32 Å². The SMILES string of the molecule is CNC(Cc1ccc(Cl)c(F)c1)C1SCCSC1C. The van der Waals surface area contributed by atoms with E-state index < -0.39 is 0 Å². The van der Waals surface area contributed by atoms with Crippen LogP contribution in [0.1, 0.15) is 12.5 Å². The highest BCUT2D eigenvalue weighted by molar-refractivity contribution is 8.07. The third-order valence-electron chi connectivity index (χ3n) is 3.44. The zero-order valence-electron chi connectivity index (χ0n) is 11.2. The van der Waals surface area contributed by atoms with Crippen molar-refractivity contribution >= 4 is 35.1 Å². The van der Waals surface area contributed by atoms with Gasteiger partial charge in [-0.3, -0.25) is 0 Å². The van der Waals surface area contributed by atoms with Gasteiger partial charge >= 0.3 is 0 Å². The molecule has 1 aromatic rings. The van der Waals surface area contributed by atoms with Gasteiger partial charge in [0.15, 0.2) is 0 Å². The fourth-order valence-electron chi connectivity index (χ4n) is 2.39. The predicted octanol–water partition coefficient (Wildman–Crippen LogP) is 3.85. The van der Waals surface area contributed by atoms with Gasteiger partial charge in [0.05, 0.1) is 5.02 Å². The second-order valence-electron chi connectivity index (χ2n) is 4.76. The summed E-state index contributed by atoms with van der Waals surface area (Å²) in [5.74, 6) is 2.11. The summed E-state index contributed by atoms with van der Waals surface area (Å²) < 4.78 is 13.5. The first-order valence-corrected chi connectivity index (χ1v) is 8.93. The molecule has 1 aromatic carbocycles. The van der Waals surface area contributed by atoms with Gasteiger partial charge in [-0.05, 0) is 31.2 Å². The van der Waals surface area contributed by atoms with E-state index in [1.165, 1.54) is 11.5 Å². The Bertz CT molecular complexity index is 430. The van der Waals surface area contributed by atoms with Gasteiger partial charge in [-0.15, -0.1) is 0 Å². The normalized spacial score (nSPS) is 25.3. The fraction of sp³-hybridized carbons (Fsp3) is 0.571. The summed E-state index contributed by atoms with van der Waals surface area (Å²) in [5.41, 5.74) is 1.00. The van der Waals surface area contributed by atoms with Gasteiger partial charge in [-0.2, -0.15) is 23.5 Å². The number of halogens is 2. The van der Waals surface area contributed by atoms with Crippen LogP contribution in [0.25, 0.3) is 0 Å². The minimum atomic E-state index is -0.326. The Morgan fingerprint density at radius 2 is 2.16 bits per heavy atom. The molecule has 5 heteroatoms. The molecule has 0 aliphatic carbocycles. The average molecular weight is 320 g/mol. The summed E-state index contributed by atoms with van der Waals surface area (Å²) in [7, 11) is 1.99. The fourth-order valence-corrected chi connectivity index (χ4v) is 5.51. The standard InChI is InChI=1S/C14H19ClFNS2/c1-9-14(19-6-5-18-9)13(17-2)8-10-3-4-11(15)12(16)7-10/h3-4,7,9,13-14,17H,5-6,8H2,1-2H3. The molecule has 0 bridgehead atoms. The Morgan fingerprint density at radius 3 is 2.79 bits per heavy atom. The second kappa shape index (κ2) is 7.21. The molecule has 3 atom stereocenters. The van der Waals surface area contributed by atoms with Crippen molar-refractivity contribution in [3.63, 3.8) is 0 Å². The van der Waals surface area contributed by atoms with Crippen molar-refractivity contribution in [1.82, 2.24) is 5.32 Å². The summed E-state index contributed by atoms with van der Waals surface area (Å²) in [6.07, 6.45) is 0.840. The smallest absolute Gasteiger partial charge is 0.142 e. The molecule has 1 heterocycles. The van der Waals surface area contributed by atoms with E-state index in [1.807, 2.05) is 36.6 Å². The molecular formula is C14H19ClFNS2. The van der Waals surface area contributed by atoms with Crippen molar-refractivity contribution in [1.29, 1.82) is 0 Å². The van der Waals surface area contributed by atoms with Crippen molar-refractivity contribution in [2.24, 2.45) is 0 Å². The van der Waals surface area contributed by atoms with Crippen LogP contribution in [0.4, 0.5) is 4.39 Å². The Balaban J connectivity index is 2.07. The number of nitrogens with one attached hydrogen (secondary N) is 1. The monoisotopic (exact) mass is 319 g/mol. The molecule has 3 unspecified atom stereocenters. The van der Waals surface area contributed by atoms with Gasteiger partial charge in [-0.25, -0.2) is 4.39 Å². The number of benzene rings is 1. The van der Waals surface area contributed by atoms with E-state index in [4.69, 9.17) is 11.6 Å². The number of rotatable bonds is 4. The summed E-state index contributed by atoms with van der Waals surface area (Å²) in [6, 6.07) is 5.48. The van der Waals surface area contributed by atoms with Crippen molar-refractivity contribution < 1.29 is 4.39 Å². The lowest BCUT2D eigenvalue weighted by atomic mass is 10.0. The van der Waals surface area contributed by atoms with E-state index in [-0.39, 0.29) is 10.8 Å². The first-order valence-electron chi connectivity index (χ1n) is 6.46. The Labute approximate surface area is 128 Å². The van der Waals surface area contributed by atoms with Gasteiger partial charge in [0, 0.05) is 28.0 Å². The zero-order valence-corrected chi connectivity index (χ0v) is 13.5. The topological polar surface area (TPSA) is 12.0 Å². The lowest BCUT2D eigenvalue weighted by Gasteiger charge is -2.34. The Morgan fingerprint density at radius 1 is 1.42 bits per heavy atom. The van der Waals surface area contributed by atoms with Crippen LogP contribution in [0, 0.1) is 5.82 Å². The molecule has 1 fully saturated rings. The van der Waals surface area contributed by atoms with Crippen molar-refractivity contribution in [2.45, 2.75) is 29.9 Å². The van der Waals surface area contributed by atoms with Crippen LogP contribution >= 0.6 is 35.1 Å². The third kappa shape index (κ3) is 4.03. The molecule has 19 heavy (non-hydrogen) atoms. The molecule has 0 spiro atoms. The third-order valence-corrected chi connectivity index (χ3v) is 7.00.